The van der Waals surface area contributed by atoms with Crippen LogP contribution < -0.4 is 15.5 Å². The normalized spacial score (nSPS) is 22.2. The molecule has 1 atom stereocenters. The number of rotatable bonds is 3. The number of hydrogen-bond donors (Lipinski definition) is 2. The number of alkyl halides is 2. The van der Waals surface area contributed by atoms with Crippen molar-refractivity contribution in [3.8, 4) is 0 Å². The molecule has 2 aromatic rings. The lowest BCUT2D eigenvalue weighted by molar-refractivity contribution is 0.0169. The van der Waals surface area contributed by atoms with Crippen LogP contribution >= 0.6 is 11.3 Å². The zero-order chi connectivity index (χ0) is 22.0. The van der Waals surface area contributed by atoms with E-state index in [0.29, 0.717) is 6.54 Å². The summed E-state index contributed by atoms with van der Waals surface area (Å²) in [6.45, 7) is 10.3. The van der Waals surface area contributed by atoms with Crippen LogP contribution in [0, 0.1) is 6.92 Å². The summed E-state index contributed by atoms with van der Waals surface area (Å²) in [6.07, 6.45) is 2.06. The third-order valence-corrected chi connectivity index (χ3v) is 7.04. The summed E-state index contributed by atoms with van der Waals surface area (Å²) in [5.41, 5.74) is 4.39. The number of hydrogen-bond acceptors (Lipinski definition) is 5. The van der Waals surface area contributed by atoms with Crippen LogP contribution in [0.15, 0.2) is 36.4 Å². The van der Waals surface area contributed by atoms with Crippen molar-refractivity contribution in [1.29, 1.82) is 0 Å². The molecule has 3 aliphatic rings. The largest absolute Gasteiger partial charge is 0.373 e. The number of likely N-dealkylation sites (tertiary alicyclic amines) is 1. The van der Waals surface area contributed by atoms with Crippen LogP contribution in [0.25, 0.3) is 5.70 Å². The molecule has 1 unspecified atom stereocenters. The monoisotopic (exact) mass is 446 g/mol. The molecule has 0 saturated carbocycles. The van der Waals surface area contributed by atoms with E-state index in [0.717, 1.165) is 48.0 Å². The fraction of sp³-hybridized carbons (Fsp3) is 0.500. The molecule has 1 aromatic heterocycles. The molecule has 0 radical (unpaired) electrons. The molecule has 1 aromatic carbocycles. The number of nitrogens with one attached hydrogen (secondary N) is 2. The van der Waals surface area contributed by atoms with E-state index in [2.05, 4.69) is 58.9 Å². The lowest BCUT2D eigenvalue weighted by atomic mass is 10.0. The van der Waals surface area contributed by atoms with Crippen LogP contribution in [0.5, 0.6) is 0 Å². The van der Waals surface area contributed by atoms with Crippen molar-refractivity contribution in [3.63, 3.8) is 0 Å². The zero-order valence-corrected chi connectivity index (χ0v) is 19.4. The van der Waals surface area contributed by atoms with Gasteiger partial charge < -0.3 is 20.4 Å². The number of benzene rings is 1. The van der Waals surface area contributed by atoms with Crippen molar-refractivity contribution < 1.29 is 8.78 Å². The van der Waals surface area contributed by atoms with Crippen molar-refractivity contribution in [2.45, 2.75) is 39.2 Å². The van der Waals surface area contributed by atoms with E-state index in [-0.39, 0.29) is 19.0 Å². The highest BCUT2D eigenvalue weighted by molar-refractivity contribution is 7.13. The van der Waals surface area contributed by atoms with Gasteiger partial charge in [0.1, 0.15) is 0 Å². The minimum atomic E-state index is -2.60. The lowest BCUT2D eigenvalue weighted by Crippen LogP contribution is -2.43. The maximum Gasteiger partial charge on any atom is 0.266 e. The van der Waals surface area contributed by atoms with E-state index in [4.69, 9.17) is 0 Å². The number of halogens is 2. The predicted molar refractivity (Wildman–Crippen MR) is 127 cm³/mol. The minimum Gasteiger partial charge on any atom is -0.373 e. The summed E-state index contributed by atoms with van der Waals surface area (Å²) < 4.78 is 27.8. The SMILES string of the molecule is CC.Cc1cc2c(s1)C(N1CCC(F)(F)C1)=CC(c1ccc(N3CCNCC3)cc1)N2. The number of fused-ring (bicyclic) bond motifs is 1. The molecule has 0 spiro atoms. The molecule has 31 heavy (non-hydrogen) atoms. The van der Waals surface area contributed by atoms with Gasteiger partial charge in [-0.15, -0.1) is 11.3 Å². The number of nitrogens with zero attached hydrogens (tertiary/aromatic N) is 2. The topological polar surface area (TPSA) is 30.5 Å². The van der Waals surface area contributed by atoms with E-state index in [1.54, 1.807) is 11.3 Å². The smallest absolute Gasteiger partial charge is 0.266 e. The van der Waals surface area contributed by atoms with Crippen molar-refractivity contribution >= 4 is 28.4 Å². The predicted octanol–water partition coefficient (Wildman–Crippen LogP) is 5.34. The molecule has 0 amide bonds. The van der Waals surface area contributed by atoms with Gasteiger partial charge in [0.15, 0.2) is 0 Å². The Balaban J connectivity index is 0.00000112. The zero-order valence-electron chi connectivity index (χ0n) is 18.5. The average molecular weight is 447 g/mol. The molecule has 2 N–H and O–H groups in total. The van der Waals surface area contributed by atoms with Gasteiger partial charge in [-0.2, -0.15) is 0 Å². The minimum absolute atomic E-state index is 0.0159. The first kappa shape index (κ1) is 22.1. The van der Waals surface area contributed by atoms with Crippen LogP contribution in [0.1, 0.15) is 41.6 Å². The number of aryl methyl sites for hydroxylation is 1. The average Bonchev–Trinajstić information content (AvgIpc) is 3.36. The Morgan fingerprint density at radius 1 is 1.03 bits per heavy atom. The fourth-order valence-corrected chi connectivity index (χ4v) is 5.47. The molecule has 0 bridgehead atoms. The second-order valence-corrected chi connectivity index (χ2v) is 9.39. The third kappa shape index (κ3) is 4.72. The molecule has 7 heteroatoms. The summed E-state index contributed by atoms with van der Waals surface area (Å²) in [7, 11) is 0. The first-order chi connectivity index (χ1) is 15.0. The molecule has 2 saturated heterocycles. The highest BCUT2D eigenvalue weighted by atomic mass is 32.1. The van der Waals surface area contributed by atoms with Gasteiger partial charge in [0, 0.05) is 49.7 Å². The maximum atomic E-state index is 13.9. The highest BCUT2D eigenvalue weighted by Gasteiger charge is 2.40. The molecule has 0 aliphatic carbocycles. The van der Waals surface area contributed by atoms with Crippen LogP contribution in [-0.2, 0) is 0 Å². The molecule has 5 rings (SSSR count). The third-order valence-electron chi connectivity index (χ3n) is 5.97. The second-order valence-electron chi connectivity index (χ2n) is 8.13. The summed E-state index contributed by atoms with van der Waals surface area (Å²) in [5.74, 6) is -2.60. The van der Waals surface area contributed by atoms with Gasteiger partial charge in [-0.25, -0.2) is 8.78 Å². The molecule has 2 fully saturated rings. The van der Waals surface area contributed by atoms with Gasteiger partial charge >= 0.3 is 0 Å². The number of piperazine rings is 1. The van der Waals surface area contributed by atoms with E-state index in [9.17, 15) is 8.78 Å². The van der Waals surface area contributed by atoms with Gasteiger partial charge in [-0.3, -0.25) is 0 Å². The van der Waals surface area contributed by atoms with Gasteiger partial charge in [-0.1, -0.05) is 26.0 Å². The lowest BCUT2D eigenvalue weighted by Gasteiger charge is -2.31. The molecule has 3 aliphatic heterocycles. The Labute approximate surface area is 187 Å². The maximum absolute atomic E-state index is 13.9. The summed E-state index contributed by atoms with van der Waals surface area (Å²) in [6, 6.07) is 10.8. The molecule has 4 nitrogen and oxygen atoms in total. The van der Waals surface area contributed by atoms with Crippen LogP contribution in [-0.4, -0.2) is 50.1 Å². The van der Waals surface area contributed by atoms with Gasteiger partial charge in [0.05, 0.1) is 28.8 Å². The number of anilines is 2. The van der Waals surface area contributed by atoms with Gasteiger partial charge in [0.25, 0.3) is 5.92 Å². The summed E-state index contributed by atoms with van der Waals surface area (Å²) >= 11 is 1.67. The van der Waals surface area contributed by atoms with E-state index in [1.165, 1.54) is 10.6 Å². The van der Waals surface area contributed by atoms with Crippen LogP contribution in [0.4, 0.5) is 20.2 Å². The van der Waals surface area contributed by atoms with Gasteiger partial charge in [-0.05, 0) is 36.8 Å². The Kier molecular flexibility index (Phi) is 6.53. The Morgan fingerprint density at radius 3 is 2.39 bits per heavy atom. The molecular formula is C24H32F2N4S. The first-order valence-electron chi connectivity index (χ1n) is 11.3. The van der Waals surface area contributed by atoms with E-state index < -0.39 is 5.92 Å². The van der Waals surface area contributed by atoms with Crippen LogP contribution in [0.3, 0.4) is 0 Å². The summed E-state index contributed by atoms with van der Waals surface area (Å²) in [4.78, 5) is 6.52. The van der Waals surface area contributed by atoms with E-state index >= 15 is 0 Å². The standard InChI is InChI=1S/C22H26F2N4S.C2H6/c1-15-12-19-21(29-15)20(28-9-6-22(23,24)14-28)13-18(26-19)16-2-4-17(5-3-16)27-10-7-25-8-11-27;1-2/h2-5,12-13,18,25-26H,6-11,14H2,1H3;1-2H3. The van der Waals surface area contributed by atoms with Crippen molar-refractivity contribution in [1.82, 2.24) is 10.2 Å². The Morgan fingerprint density at radius 2 is 1.74 bits per heavy atom. The van der Waals surface area contributed by atoms with Crippen molar-refractivity contribution in [2.75, 3.05) is 49.5 Å². The highest BCUT2D eigenvalue weighted by Crippen LogP contribution is 2.44. The summed E-state index contributed by atoms with van der Waals surface area (Å²) in [5, 5.41) is 6.98. The molecule has 4 heterocycles. The van der Waals surface area contributed by atoms with Gasteiger partial charge in [0.2, 0.25) is 0 Å². The molecular weight excluding hydrogens is 414 g/mol. The van der Waals surface area contributed by atoms with Crippen LogP contribution in [0.2, 0.25) is 0 Å². The van der Waals surface area contributed by atoms with E-state index in [1.807, 2.05) is 18.7 Å². The van der Waals surface area contributed by atoms with Crippen molar-refractivity contribution in [2.24, 2.45) is 0 Å². The number of thiophene rings is 1. The van der Waals surface area contributed by atoms with Crippen molar-refractivity contribution in [3.05, 3.63) is 51.7 Å². The quantitative estimate of drug-likeness (QED) is 0.666. The Bertz CT molecular complexity index is 916. The fourth-order valence-electron chi connectivity index (χ4n) is 4.44. The first-order valence-corrected chi connectivity index (χ1v) is 12.1. The molecule has 168 valence electrons. The Hall–Kier alpha value is -2.12. The second kappa shape index (κ2) is 9.17.